The van der Waals surface area contributed by atoms with Crippen LogP contribution in [0.3, 0.4) is 0 Å². The first kappa shape index (κ1) is 18.4. The third-order valence-electron chi connectivity index (χ3n) is 5.18. The normalized spacial score (nSPS) is 24.0. The van der Waals surface area contributed by atoms with Crippen LogP contribution in [0.5, 0.6) is 0 Å². The van der Waals surface area contributed by atoms with Crippen molar-refractivity contribution in [3.05, 3.63) is 29.8 Å². The zero-order valence-corrected chi connectivity index (χ0v) is 15.4. The predicted molar refractivity (Wildman–Crippen MR) is 94.7 cm³/mol. The van der Waals surface area contributed by atoms with Crippen LogP contribution in [0.15, 0.2) is 29.2 Å². The maximum Gasteiger partial charge on any atom is 0.240 e. The molecular weight excluding hydrogens is 340 g/mol. The average molecular weight is 366 g/mol. The van der Waals surface area contributed by atoms with E-state index < -0.39 is 10.0 Å². The van der Waals surface area contributed by atoms with Gasteiger partial charge in [-0.3, -0.25) is 4.79 Å². The van der Waals surface area contributed by atoms with Gasteiger partial charge in [0.2, 0.25) is 15.9 Å². The number of sulfonamides is 1. The first-order valence-corrected chi connectivity index (χ1v) is 10.4. The highest BCUT2D eigenvalue weighted by Gasteiger charge is 2.36. The van der Waals surface area contributed by atoms with Gasteiger partial charge < -0.3 is 9.64 Å². The highest BCUT2D eigenvalue weighted by Crippen LogP contribution is 2.29. The first-order chi connectivity index (χ1) is 12.0. The van der Waals surface area contributed by atoms with Gasteiger partial charge in [0.25, 0.3) is 0 Å². The third kappa shape index (κ3) is 4.22. The topological polar surface area (TPSA) is 75.7 Å². The average Bonchev–Trinajstić information content (AvgIpc) is 2.66. The molecule has 138 valence electrons. The summed E-state index contributed by atoms with van der Waals surface area (Å²) in [5, 5.41) is 0. The molecule has 3 rings (SSSR count). The van der Waals surface area contributed by atoms with Gasteiger partial charge in [-0.1, -0.05) is 25.0 Å². The number of benzene rings is 1. The van der Waals surface area contributed by atoms with Crippen LogP contribution in [-0.4, -0.2) is 51.6 Å². The predicted octanol–water partition coefficient (Wildman–Crippen LogP) is 1.70. The summed E-state index contributed by atoms with van der Waals surface area (Å²) in [7, 11) is -2.02. The SMILES string of the molecule is CNS(=O)(=O)c1ccc(CCC(=O)N2CCO[C@@H]3CCCC[C@H]32)cc1. The molecule has 1 aromatic rings. The van der Waals surface area contributed by atoms with Gasteiger partial charge in [-0.15, -0.1) is 0 Å². The fourth-order valence-electron chi connectivity index (χ4n) is 3.75. The highest BCUT2D eigenvalue weighted by atomic mass is 32.2. The minimum atomic E-state index is -3.42. The molecule has 0 aromatic heterocycles. The summed E-state index contributed by atoms with van der Waals surface area (Å²) in [5.41, 5.74) is 0.969. The molecular formula is C18H26N2O4S. The Hall–Kier alpha value is -1.44. The number of hydrogen-bond acceptors (Lipinski definition) is 4. The lowest BCUT2D eigenvalue weighted by Gasteiger charge is -2.43. The number of amides is 1. The molecule has 1 aliphatic carbocycles. The van der Waals surface area contributed by atoms with E-state index in [2.05, 4.69) is 4.72 Å². The van der Waals surface area contributed by atoms with Crippen LogP contribution in [-0.2, 0) is 26.0 Å². The Morgan fingerprint density at radius 3 is 2.68 bits per heavy atom. The molecule has 1 aliphatic heterocycles. The van der Waals surface area contributed by atoms with Crippen molar-refractivity contribution in [2.45, 2.75) is 55.6 Å². The molecule has 0 bridgehead atoms. The number of rotatable bonds is 5. The molecule has 2 atom stereocenters. The van der Waals surface area contributed by atoms with E-state index in [9.17, 15) is 13.2 Å². The van der Waals surface area contributed by atoms with Crippen LogP contribution in [0, 0.1) is 0 Å². The van der Waals surface area contributed by atoms with Crippen molar-refractivity contribution in [2.24, 2.45) is 0 Å². The molecule has 6 nitrogen and oxygen atoms in total. The van der Waals surface area contributed by atoms with E-state index in [0.29, 0.717) is 26.0 Å². The minimum absolute atomic E-state index is 0.173. The van der Waals surface area contributed by atoms with Crippen molar-refractivity contribution in [1.29, 1.82) is 0 Å². The second-order valence-corrected chi connectivity index (χ2v) is 8.59. The summed E-state index contributed by atoms with van der Waals surface area (Å²) >= 11 is 0. The van der Waals surface area contributed by atoms with Gasteiger partial charge in [0.05, 0.1) is 23.6 Å². The van der Waals surface area contributed by atoms with Crippen LogP contribution in [0.25, 0.3) is 0 Å². The lowest BCUT2D eigenvalue weighted by atomic mass is 9.90. The Morgan fingerprint density at radius 2 is 1.96 bits per heavy atom. The second-order valence-electron chi connectivity index (χ2n) is 6.70. The molecule has 0 spiro atoms. The fraction of sp³-hybridized carbons (Fsp3) is 0.611. The van der Waals surface area contributed by atoms with Crippen molar-refractivity contribution >= 4 is 15.9 Å². The number of nitrogens with zero attached hydrogens (tertiary/aromatic N) is 1. The van der Waals surface area contributed by atoms with Crippen molar-refractivity contribution in [3.8, 4) is 0 Å². The van der Waals surface area contributed by atoms with Crippen molar-refractivity contribution < 1.29 is 17.9 Å². The third-order valence-corrected chi connectivity index (χ3v) is 6.61. The van der Waals surface area contributed by atoms with Gasteiger partial charge in [0.1, 0.15) is 0 Å². The van der Waals surface area contributed by atoms with Gasteiger partial charge in [0.15, 0.2) is 0 Å². The van der Waals surface area contributed by atoms with E-state index in [0.717, 1.165) is 24.8 Å². The number of carbonyl (C=O) groups excluding carboxylic acids is 1. The molecule has 25 heavy (non-hydrogen) atoms. The summed E-state index contributed by atoms with van der Waals surface area (Å²) in [6, 6.07) is 6.95. The molecule has 1 N–H and O–H groups in total. The Balaban J connectivity index is 1.58. The molecule has 0 radical (unpaired) electrons. The van der Waals surface area contributed by atoms with E-state index >= 15 is 0 Å². The fourth-order valence-corrected chi connectivity index (χ4v) is 4.48. The van der Waals surface area contributed by atoms with Crippen molar-refractivity contribution in [1.82, 2.24) is 9.62 Å². The van der Waals surface area contributed by atoms with Gasteiger partial charge in [-0.25, -0.2) is 13.1 Å². The zero-order chi connectivity index (χ0) is 17.9. The van der Waals surface area contributed by atoms with E-state index in [-0.39, 0.29) is 22.9 Å². The number of ether oxygens (including phenoxy) is 1. The molecule has 1 saturated heterocycles. The summed E-state index contributed by atoms with van der Waals surface area (Å²) in [4.78, 5) is 14.9. The number of hydrogen-bond donors (Lipinski definition) is 1. The van der Waals surface area contributed by atoms with E-state index in [1.165, 1.54) is 13.5 Å². The molecule has 1 aromatic carbocycles. The Morgan fingerprint density at radius 1 is 1.24 bits per heavy atom. The van der Waals surface area contributed by atoms with E-state index in [4.69, 9.17) is 4.74 Å². The smallest absolute Gasteiger partial charge is 0.240 e. The van der Waals surface area contributed by atoms with Gasteiger partial charge in [-0.05, 0) is 44.0 Å². The van der Waals surface area contributed by atoms with Gasteiger partial charge >= 0.3 is 0 Å². The Bertz CT molecular complexity index is 700. The highest BCUT2D eigenvalue weighted by molar-refractivity contribution is 7.89. The van der Waals surface area contributed by atoms with Crippen LogP contribution < -0.4 is 4.72 Å². The molecule has 0 unspecified atom stereocenters. The molecule has 1 heterocycles. The van der Waals surface area contributed by atoms with Gasteiger partial charge in [-0.2, -0.15) is 0 Å². The number of carbonyl (C=O) groups is 1. The summed E-state index contributed by atoms with van der Waals surface area (Å²) in [6.45, 7) is 1.31. The molecule has 1 saturated carbocycles. The number of morpholine rings is 1. The number of aryl methyl sites for hydroxylation is 1. The first-order valence-electron chi connectivity index (χ1n) is 8.95. The maximum atomic E-state index is 12.7. The van der Waals surface area contributed by atoms with Crippen LogP contribution >= 0.6 is 0 Å². The van der Waals surface area contributed by atoms with Crippen molar-refractivity contribution in [2.75, 3.05) is 20.2 Å². The number of fused-ring (bicyclic) bond motifs is 1. The van der Waals surface area contributed by atoms with Crippen LogP contribution in [0.4, 0.5) is 0 Å². The van der Waals surface area contributed by atoms with Crippen LogP contribution in [0.1, 0.15) is 37.7 Å². The van der Waals surface area contributed by atoms with Crippen LogP contribution in [0.2, 0.25) is 0 Å². The number of nitrogens with one attached hydrogen (secondary N) is 1. The monoisotopic (exact) mass is 366 g/mol. The molecule has 7 heteroatoms. The standard InChI is InChI=1S/C18H26N2O4S/c1-19-25(22,23)15-9-6-14(7-10-15)8-11-18(21)20-12-13-24-17-5-3-2-4-16(17)20/h6-7,9-10,16-17,19H,2-5,8,11-13H2,1H3/t16-,17-/m1/s1. The second kappa shape index (κ2) is 7.85. The van der Waals surface area contributed by atoms with Gasteiger partial charge in [0, 0.05) is 13.0 Å². The molecule has 2 aliphatic rings. The quantitative estimate of drug-likeness (QED) is 0.861. The lowest BCUT2D eigenvalue weighted by Crippen LogP contribution is -2.54. The molecule has 1 amide bonds. The lowest BCUT2D eigenvalue weighted by molar-refractivity contribution is -0.149. The minimum Gasteiger partial charge on any atom is -0.374 e. The van der Waals surface area contributed by atoms with E-state index in [1.54, 1.807) is 24.3 Å². The summed E-state index contributed by atoms with van der Waals surface area (Å²) in [6.07, 6.45) is 5.70. The Kier molecular flexibility index (Phi) is 5.76. The molecule has 2 fully saturated rings. The maximum absolute atomic E-state index is 12.7. The largest absolute Gasteiger partial charge is 0.374 e. The zero-order valence-electron chi connectivity index (χ0n) is 14.6. The summed E-state index contributed by atoms with van der Waals surface area (Å²) in [5.74, 6) is 0.173. The van der Waals surface area contributed by atoms with E-state index in [1.807, 2.05) is 4.90 Å². The Labute approximate surface area is 149 Å². The van der Waals surface area contributed by atoms with Crippen molar-refractivity contribution in [3.63, 3.8) is 0 Å². The summed E-state index contributed by atoms with van der Waals surface area (Å²) < 4.78 is 31.6.